The summed E-state index contributed by atoms with van der Waals surface area (Å²) >= 11 is 5.38. The van der Waals surface area contributed by atoms with Gasteiger partial charge in [-0.2, -0.15) is 0 Å². The normalized spacial score (nSPS) is 18.0. The van der Waals surface area contributed by atoms with E-state index in [1.165, 1.54) is 42.2 Å². The lowest BCUT2D eigenvalue weighted by Gasteiger charge is -2.10. The summed E-state index contributed by atoms with van der Waals surface area (Å²) in [5.74, 6) is 3.43. The lowest BCUT2D eigenvalue weighted by molar-refractivity contribution is -0.107. The lowest BCUT2D eigenvalue weighted by atomic mass is 10.4. The van der Waals surface area contributed by atoms with Crippen LogP contribution in [-0.4, -0.2) is 27.0 Å². The summed E-state index contributed by atoms with van der Waals surface area (Å²) in [4.78, 5) is 11.0. The number of rotatable bonds is 3. The molecule has 0 saturated carbocycles. The van der Waals surface area contributed by atoms with Crippen molar-refractivity contribution in [3.05, 3.63) is 12.7 Å². The van der Waals surface area contributed by atoms with Crippen LogP contribution in [0.4, 0.5) is 0 Å². The summed E-state index contributed by atoms with van der Waals surface area (Å²) in [6, 6.07) is 0. The van der Waals surface area contributed by atoms with Crippen LogP contribution in [0.5, 0.6) is 0 Å². The summed E-state index contributed by atoms with van der Waals surface area (Å²) in [7, 11) is 0. The second-order valence-electron chi connectivity index (χ2n) is 2.71. The third-order valence-electron chi connectivity index (χ3n) is 1.67. The summed E-state index contributed by atoms with van der Waals surface area (Å²) in [6.45, 7) is 3.46. The molecule has 0 aliphatic carbocycles. The molecule has 0 aromatic carbocycles. The molecule has 0 aromatic rings. The highest BCUT2D eigenvalue weighted by molar-refractivity contribution is 8.20. The van der Waals surface area contributed by atoms with Crippen LogP contribution in [-0.2, 0) is 4.79 Å². The molecule has 0 unspecified atom stereocenters. The van der Waals surface area contributed by atoms with E-state index in [-0.39, 0.29) is 12.5 Å². The van der Waals surface area contributed by atoms with Gasteiger partial charge in [0.1, 0.15) is 0 Å². The average Bonchev–Trinajstić information content (AvgIpc) is 2.42. The van der Waals surface area contributed by atoms with Gasteiger partial charge in [-0.1, -0.05) is 25.8 Å². The van der Waals surface area contributed by atoms with Gasteiger partial charge in [0.2, 0.25) is 5.12 Å². The van der Waals surface area contributed by atoms with E-state index in [1.807, 2.05) is 23.5 Å². The maximum Gasteiger partial charge on any atom is 0.211 e. The quantitative estimate of drug-likeness (QED) is 0.711. The van der Waals surface area contributed by atoms with Gasteiger partial charge in [0, 0.05) is 5.75 Å². The van der Waals surface area contributed by atoms with Crippen molar-refractivity contribution in [1.29, 1.82) is 0 Å². The van der Waals surface area contributed by atoms with E-state index in [0.29, 0.717) is 4.58 Å². The first-order valence-corrected chi connectivity index (χ1v) is 7.43. The molecule has 0 amide bonds. The zero-order valence-electron chi connectivity index (χ0n) is 7.53. The minimum absolute atomic E-state index is 0. The summed E-state index contributed by atoms with van der Waals surface area (Å²) in [6.07, 6.45) is 4.05. The van der Waals surface area contributed by atoms with E-state index in [4.69, 9.17) is 0 Å². The van der Waals surface area contributed by atoms with E-state index in [2.05, 4.69) is 6.58 Å². The van der Waals surface area contributed by atoms with Gasteiger partial charge in [-0.25, -0.2) is 0 Å². The van der Waals surface area contributed by atoms with Crippen LogP contribution in [0.15, 0.2) is 12.7 Å². The van der Waals surface area contributed by atoms with E-state index >= 15 is 0 Å². The molecule has 1 rings (SSSR count). The van der Waals surface area contributed by atoms with Crippen molar-refractivity contribution in [3.63, 3.8) is 0 Å². The van der Waals surface area contributed by atoms with Gasteiger partial charge in [0.15, 0.2) is 0 Å². The number of thioether (sulfide) groups is 3. The molecule has 0 atom stereocenters. The third kappa shape index (κ3) is 6.04. The first-order valence-electron chi connectivity index (χ1n) is 4.35. The Hall–Kier alpha value is 0.460. The van der Waals surface area contributed by atoms with E-state index in [1.54, 1.807) is 0 Å². The SMILES string of the molecule is C.C=CC(=O)SCC1SCCCCS1. The van der Waals surface area contributed by atoms with Gasteiger partial charge in [-0.05, 0) is 30.4 Å². The molecule has 4 heteroatoms. The molecule has 1 aliphatic rings. The zero-order valence-corrected chi connectivity index (χ0v) is 9.98. The van der Waals surface area contributed by atoms with Crippen molar-refractivity contribution in [3.8, 4) is 0 Å². The Labute approximate surface area is 99.9 Å². The van der Waals surface area contributed by atoms with Crippen LogP contribution in [0.25, 0.3) is 0 Å². The van der Waals surface area contributed by atoms with Gasteiger partial charge < -0.3 is 0 Å². The standard InChI is InChI=1S/C9H14OS3.CH4/c1-2-8(10)13-7-9-11-5-3-4-6-12-9;/h2,9H,1,3-7H2;1H4. The predicted molar refractivity (Wildman–Crippen MR) is 72.3 cm³/mol. The van der Waals surface area contributed by atoms with E-state index < -0.39 is 0 Å². The molecule has 1 heterocycles. The van der Waals surface area contributed by atoms with Crippen LogP contribution < -0.4 is 0 Å². The first-order chi connectivity index (χ1) is 6.33. The maximum absolute atomic E-state index is 11.0. The Balaban J connectivity index is 0.00000169. The van der Waals surface area contributed by atoms with E-state index in [9.17, 15) is 4.79 Å². The highest BCUT2D eigenvalue weighted by Crippen LogP contribution is 2.31. The zero-order chi connectivity index (χ0) is 9.52. The number of carbonyl (C=O) groups is 1. The fourth-order valence-electron chi connectivity index (χ4n) is 0.987. The largest absolute Gasteiger partial charge is 0.282 e. The molecule has 82 valence electrons. The van der Waals surface area contributed by atoms with Crippen molar-refractivity contribution < 1.29 is 4.79 Å². The maximum atomic E-state index is 11.0. The molecule has 1 nitrogen and oxygen atoms in total. The Kier molecular flexibility index (Phi) is 9.03. The van der Waals surface area contributed by atoms with Crippen LogP contribution >= 0.6 is 35.3 Å². The Bertz CT molecular complexity index is 174. The minimum atomic E-state index is 0. The topological polar surface area (TPSA) is 17.1 Å². The number of carbonyl (C=O) groups excluding carboxylic acids is 1. The molecule has 0 spiro atoms. The summed E-state index contributed by atoms with van der Waals surface area (Å²) < 4.78 is 0.608. The monoisotopic (exact) mass is 250 g/mol. The van der Waals surface area contributed by atoms with Crippen molar-refractivity contribution >= 4 is 40.4 Å². The molecule has 1 aliphatic heterocycles. The van der Waals surface area contributed by atoms with Crippen molar-refractivity contribution in [2.24, 2.45) is 0 Å². The van der Waals surface area contributed by atoms with Gasteiger partial charge >= 0.3 is 0 Å². The fraction of sp³-hybridized carbons (Fsp3) is 0.700. The highest BCUT2D eigenvalue weighted by Gasteiger charge is 2.13. The molecular formula is C10H18OS3. The smallest absolute Gasteiger partial charge is 0.211 e. The highest BCUT2D eigenvalue weighted by atomic mass is 32.2. The molecule has 0 aromatic heterocycles. The van der Waals surface area contributed by atoms with Gasteiger partial charge in [-0.3, -0.25) is 4.79 Å². The number of hydrogen-bond acceptors (Lipinski definition) is 4. The molecule has 14 heavy (non-hydrogen) atoms. The van der Waals surface area contributed by atoms with Crippen LogP contribution in [0, 0.1) is 0 Å². The summed E-state index contributed by atoms with van der Waals surface area (Å²) in [5, 5.41) is 0.102. The van der Waals surface area contributed by atoms with Crippen LogP contribution in [0.1, 0.15) is 20.3 Å². The Morgan fingerprint density at radius 2 is 2.00 bits per heavy atom. The molecule has 0 bridgehead atoms. The molecule has 1 fully saturated rings. The van der Waals surface area contributed by atoms with Gasteiger partial charge in [0.25, 0.3) is 0 Å². The molecule has 0 radical (unpaired) electrons. The average molecular weight is 250 g/mol. The van der Waals surface area contributed by atoms with Crippen LogP contribution in [0.2, 0.25) is 0 Å². The minimum Gasteiger partial charge on any atom is -0.282 e. The summed E-state index contributed by atoms with van der Waals surface area (Å²) in [5.41, 5.74) is 0. The van der Waals surface area contributed by atoms with E-state index in [0.717, 1.165) is 5.75 Å². The first kappa shape index (κ1) is 14.5. The second kappa shape index (κ2) is 8.74. The van der Waals surface area contributed by atoms with Crippen molar-refractivity contribution in [2.45, 2.75) is 24.9 Å². The van der Waals surface area contributed by atoms with Crippen molar-refractivity contribution in [2.75, 3.05) is 17.3 Å². The fourth-order valence-corrected chi connectivity index (χ4v) is 4.81. The molecule has 0 N–H and O–H groups in total. The lowest BCUT2D eigenvalue weighted by Crippen LogP contribution is -2.02. The van der Waals surface area contributed by atoms with Gasteiger partial charge in [0.05, 0.1) is 4.58 Å². The third-order valence-corrected chi connectivity index (χ3v) is 5.99. The second-order valence-corrected chi connectivity index (χ2v) is 6.66. The van der Waals surface area contributed by atoms with Crippen LogP contribution in [0.3, 0.4) is 0 Å². The predicted octanol–water partition coefficient (Wildman–Crippen LogP) is 3.65. The molecule has 1 saturated heterocycles. The Morgan fingerprint density at radius 1 is 1.43 bits per heavy atom. The van der Waals surface area contributed by atoms with Gasteiger partial charge in [-0.15, -0.1) is 23.5 Å². The number of hydrogen-bond donors (Lipinski definition) is 0. The molecular weight excluding hydrogens is 232 g/mol. The van der Waals surface area contributed by atoms with Crippen molar-refractivity contribution in [1.82, 2.24) is 0 Å². The Morgan fingerprint density at radius 3 is 2.50 bits per heavy atom.